The standard InChI is InChI=1S/C27H19N3O7/c1-3-8-18(4-2)25(28-37-27(32)21-9-6-5-7-10-21)26(31)20-13-11-19(12-14-20)23-16-15-22(29(33)34)17-24(23)30(35)36/h3-17H,1-2H2/b18-8+,28-25-. The lowest BCUT2D eigenvalue weighted by atomic mass is 9.97. The van der Waals surface area contributed by atoms with Crippen LogP contribution in [0, 0.1) is 20.2 Å². The van der Waals surface area contributed by atoms with Crippen LogP contribution < -0.4 is 0 Å². The van der Waals surface area contributed by atoms with E-state index in [1.165, 1.54) is 60.7 Å². The van der Waals surface area contributed by atoms with E-state index in [4.69, 9.17) is 4.84 Å². The van der Waals surface area contributed by atoms with Gasteiger partial charge in [-0.3, -0.25) is 25.0 Å². The molecule has 0 radical (unpaired) electrons. The van der Waals surface area contributed by atoms with Crippen LogP contribution in [0.3, 0.4) is 0 Å². The number of carbonyl (C=O) groups is 2. The zero-order valence-electron chi connectivity index (χ0n) is 19.3. The van der Waals surface area contributed by atoms with Gasteiger partial charge in [0.1, 0.15) is 0 Å². The van der Waals surface area contributed by atoms with E-state index in [1.54, 1.807) is 18.2 Å². The van der Waals surface area contributed by atoms with E-state index >= 15 is 0 Å². The molecular formula is C27H19N3O7. The number of hydrogen-bond acceptors (Lipinski definition) is 8. The average Bonchev–Trinajstić information content (AvgIpc) is 2.92. The Labute approximate surface area is 210 Å². The fraction of sp³-hybridized carbons (Fsp3) is 0. The Balaban J connectivity index is 1.97. The quantitative estimate of drug-likeness (QED) is 0.0852. The first-order valence-electron chi connectivity index (χ1n) is 10.6. The van der Waals surface area contributed by atoms with Gasteiger partial charge in [0.15, 0.2) is 5.71 Å². The van der Waals surface area contributed by atoms with Gasteiger partial charge in [-0.15, -0.1) is 0 Å². The van der Waals surface area contributed by atoms with Gasteiger partial charge >= 0.3 is 5.97 Å². The number of benzene rings is 3. The van der Waals surface area contributed by atoms with Crippen molar-refractivity contribution in [3.63, 3.8) is 0 Å². The molecule has 0 saturated carbocycles. The molecule has 0 spiro atoms. The summed E-state index contributed by atoms with van der Waals surface area (Å²) in [5.74, 6) is -1.38. The normalized spacial score (nSPS) is 11.4. The first kappa shape index (κ1) is 26.1. The van der Waals surface area contributed by atoms with E-state index < -0.39 is 33.0 Å². The van der Waals surface area contributed by atoms with Crippen molar-refractivity contribution in [2.75, 3.05) is 0 Å². The number of oxime groups is 1. The van der Waals surface area contributed by atoms with Crippen molar-refractivity contribution in [2.24, 2.45) is 5.16 Å². The molecule has 0 heterocycles. The monoisotopic (exact) mass is 497 g/mol. The summed E-state index contributed by atoms with van der Waals surface area (Å²) in [4.78, 5) is 51.6. The topological polar surface area (TPSA) is 142 Å². The summed E-state index contributed by atoms with van der Waals surface area (Å²) in [5.41, 5.74) is 0.0328. The van der Waals surface area contributed by atoms with Crippen molar-refractivity contribution >= 4 is 28.8 Å². The highest BCUT2D eigenvalue weighted by molar-refractivity contribution is 6.52. The molecule has 3 rings (SSSR count). The summed E-state index contributed by atoms with van der Waals surface area (Å²) in [5, 5.41) is 26.3. The fourth-order valence-corrected chi connectivity index (χ4v) is 3.28. The molecule has 37 heavy (non-hydrogen) atoms. The summed E-state index contributed by atoms with van der Waals surface area (Å²) in [6.07, 6.45) is 4.23. The van der Waals surface area contributed by atoms with Crippen molar-refractivity contribution in [3.8, 4) is 11.1 Å². The minimum Gasteiger partial charge on any atom is -0.312 e. The van der Waals surface area contributed by atoms with Crippen molar-refractivity contribution in [3.05, 3.63) is 141 Å². The minimum atomic E-state index is -0.770. The van der Waals surface area contributed by atoms with Crippen LogP contribution in [-0.2, 0) is 4.84 Å². The highest BCUT2D eigenvalue weighted by Crippen LogP contribution is 2.33. The molecule has 3 aromatic carbocycles. The van der Waals surface area contributed by atoms with Crippen LogP contribution >= 0.6 is 0 Å². The van der Waals surface area contributed by atoms with E-state index in [1.807, 2.05) is 0 Å². The molecule has 0 saturated heterocycles. The molecule has 0 fully saturated rings. The largest absolute Gasteiger partial charge is 0.365 e. The average molecular weight is 497 g/mol. The van der Waals surface area contributed by atoms with Crippen LogP contribution in [-0.4, -0.2) is 27.3 Å². The number of non-ortho nitro benzene ring substituents is 1. The number of nitro benzene ring substituents is 2. The number of allylic oxidation sites excluding steroid dienone is 4. The molecule has 184 valence electrons. The third-order valence-corrected chi connectivity index (χ3v) is 5.08. The number of rotatable bonds is 10. The minimum absolute atomic E-state index is 0.138. The van der Waals surface area contributed by atoms with Gasteiger partial charge in [-0.25, -0.2) is 4.79 Å². The SMILES string of the molecule is C=C/C=C(C=C)/C(=N/OC(=O)c1ccccc1)C(=O)c1ccc(-c2ccc([N+](=O)[O-])cc2[N+](=O)[O-])cc1. The van der Waals surface area contributed by atoms with E-state index in [0.29, 0.717) is 5.56 Å². The lowest BCUT2D eigenvalue weighted by Gasteiger charge is -2.08. The maximum absolute atomic E-state index is 13.3. The molecule has 0 N–H and O–H groups in total. The molecule has 0 aliphatic heterocycles. The molecule has 0 amide bonds. The number of carbonyl (C=O) groups excluding carboxylic acids is 2. The van der Waals surface area contributed by atoms with Gasteiger partial charge in [0.05, 0.1) is 27.0 Å². The van der Waals surface area contributed by atoms with Crippen LogP contribution in [0.4, 0.5) is 11.4 Å². The number of nitro groups is 2. The van der Waals surface area contributed by atoms with Gasteiger partial charge in [0.2, 0.25) is 5.78 Å². The van der Waals surface area contributed by atoms with Crippen molar-refractivity contribution in [2.45, 2.75) is 0 Å². The Bertz CT molecular complexity index is 1460. The Kier molecular flexibility index (Phi) is 8.29. The zero-order chi connectivity index (χ0) is 26.9. The Morgan fingerprint density at radius 1 is 0.865 bits per heavy atom. The number of Topliss-reactive ketones (excluding diaryl/α,β-unsaturated/α-hetero) is 1. The van der Waals surface area contributed by atoms with Crippen LogP contribution in [0.25, 0.3) is 11.1 Å². The predicted octanol–water partition coefficient (Wildman–Crippen LogP) is 5.86. The first-order valence-corrected chi connectivity index (χ1v) is 10.6. The van der Waals surface area contributed by atoms with Crippen LogP contribution in [0.5, 0.6) is 0 Å². The third-order valence-electron chi connectivity index (χ3n) is 5.08. The maximum atomic E-state index is 13.3. The third kappa shape index (κ3) is 6.14. The van der Waals surface area contributed by atoms with E-state index in [9.17, 15) is 29.8 Å². The summed E-state index contributed by atoms with van der Waals surface area (Å²) < 4.78 is 0. The van der Waals surface area contributed by atoms with E-state index in [0.717, 1.165) is 12.1 Å². The fourth-order valence-electron chi connectivity index (χ4n) is 3.28. The second-order valence-corrected chi connectivity index (χ2v) is 7.37. The maximum Gasteiger partial charge on any atom is 0.365 e. The molecular weight excluding hydrogens is 478 g/mol. The summed E-state index contributed by atoms with van der Waals surface area (Å²) in [7, 11) is 0. The smallest absolute Gasteiger partial charge is 0.312 e. The molecule has 0 unspecified atom stereocenters. The van der Waals surface area contributed by atoms with Gasteiger partial charge < -0.3 is 4.84 Å². The van der Waals surface area contributed by atoms with Gasteiger partial charge in [0.25, 0.3) is 11.4 Å². The molecule has 0 aromatic heterocycles. The molecule has 0 aliphatic rings. The van der Waals surface area contributed by atoms with E-state index in [2.05, 4.69) is 18.3 Å². The molecule has 3 aromatic rings. The Morgan fingerprint density at radius 3 is 2.11 bits per heavy atom. The van der Waals surface area contributed by atoms with Crippen LogP contribution in [0.1, 0.15) is 20.7 Å². The van der Waals surface area contributed by atoms with Crippen LogP contribution in [0.15, 0.2) is 115 Å². The molecule has 10 nitrogen and oxygen atoms in total. The number of nitrogens with zero attached hydrogens (tertiary/aromatic N) is 3. The van der Waals surface area contributed by atoms with E-state index in [-0.39, 0.29) is 28.0 Å². The number of hydrogen-bond donors (Lipinski definition) is 0. The van der Waals surface area contributed by atoms with Gasteiger partial charge in [-0.1, -0.05) is 79.0 Å². The van der Waals surface area contributed by atoms with Crippen molar-refractivity contribution in [1.29, 1.82) is 0 Å². The molecule has 0 atom stereocenters. The lowest BCUT2D eigenvalue weighted by molar-refractivity contribution is -0.393. The van der Waals surface area contributed by atoms with Crippen molar-refractivity contribution in [1.82, 2.24) is 0 Å². The van der Waals surface area contributed by atoms with Gasteiger partial charge in [-0.05, 0) is 23.8 Å². The highest BCUT2D eigenvalue weighted by Gasteiger charge is 2.22. The zero-order valence-corrected chi connectivity index (χ0v) is 19.3. The second-order valence-electron chi connectivity index (χ2n) is 7.37. The van der Waals surface area contributed by atoms with Crippen molar-refractivity contribution < 1.29 is 24.3 Å². The Hall–Kier alpha value is -5.51. The Morgan fingerprint density at radius 2 is 1.54 bits per heavy atom. The lowest BCUT2D eigenvalue weighted by Crippen LogP contribution is -2.18. The molecule has 0 aliphatic carbocycles. The van der Waals surface area contributed by atoms with Crippen LogP contribution in [0.2, 0.25) is 0 Å². The summed E-state index contributed by atoms with van der Waals surface area (Å²) in [6, 6.07) is 17.1. The molecule has 10 heteroatoms. The van der Waals surface area contributed by atoms with Gasteiger partial charge in [0, 0.05) is 17.2 Å². The molecule has 0 bridgehead atoms. The predicted molar refractivity (Wildman–Crippen MR) is 137 cm³/mol. The first-order chi connectivity index (χ1) is 17.8. The summed E-state index contributed by atoms with van der Waals surface area (Å²) in [6.45, 7) is 7.25. The number of ketones is 1. The highest BCUT2D eigenvalue weighted by atomic mass is 16.7. The van der Waals surface area contributed by atoms with Gasteiger partial charge in [-0.2, -0.15) is 0 Å². The second kappa shape index (κ2) is 11.8. The summed E-state index contributed by atoms with van der Waals surface area (Å²) >= 11 is 0.